The molecule has 2 saturated carbocycles. The number of carbonyl (C=O) groups is 4. The Kier molecular flexibility index (Phi) is 8.58. The van der Waals surface area contributed by atoms with E-state index in [-0.39, 0.29) is 29.8 Å². The molecule has 2 aliphatic heterocycles. The summed E-state index contributed by atoms with van der Waals surface area (Å²) in [4.78, 5) is 53.7. The van der Waals surface area contributed by atoms with Gasteiger partial charge in [-0.05, 0) is 63.2 Å². The van der Waals surface area contributed by atoms with Crippen molar-refractivity contribution in [3.63, 3.8) is 0 Å². The lowest BCUT2D eigenvalue weighted by Crippen LogP contribution is -2.59. The van der Waals surface area contributed by atoms with E-state index in [2.05, 4.69) is 16.0 Å². The van der Waals surface area contributed by atoms with Gasteiger partial charge < -0.3 is 26.0 Å². The van der Waals surface area contributed by atoms with Crippen LogP contribution in [-0.4, -0.2) is 69.9 Å². The van der Waals surface area contributed by atoms with Crippen LogP contribution in [0.2, 0.25) is 0 Å². The molecule has 0 radical (unpaired) electrons. The first-order chi connectivity index (χ1) is 17.2. The summed E-state index contributed by atoms with van der Waals surface area (Å²) in [5.74, 6) is -1.20. The zero-order chi connectivity index (χ0) is 26.0. The van der Waals surface area contributed by atoms with Crippen molar-refractivity contribution in [1.29, 1.82) is 0 Å². The molecular formula is C27H44N4O5. The monoisotopic (exact) mass is 504 g/mol. The summed E-state index contributed by atoms with van der Waals surface area (Å²) in [5.41, 5.74) is 0. The Morgan fingerprint density at radius 1 is 0.944 bits per heavy atom. The molecule has 4 rings (SSSR count). The average Bonchev–Trinajstić information content (AvgIpc) is 3.48. The van der Waals surface area contributed by atoms with Gasteiger partial charge in [-0.25, -0.2) is 0 Å². The smallest absolute Gasteiger partial charge is 0.325 e. The number of likely N-dealkylation sites (tertiary alicyclic amines) is 1. The molecule has 9 heteroatoms. The van der Waals surface area contributed by atoms with Crippen LogP contribution in [0.4, 0.5) is 0 Å². The zero-order valence-corrected chi connectivity index (χ0v) is 22.0. The molecule has 2 saturated heterocycles. The molecule has 9 atom stereocenters. The van der Waals surface area contributed by atoms with Gasteiger partial charge in [0.1, 0.15) is 18.1 Å². The summed E-state index contributed by atoms with van der Waals surface area (Å²) in [6.07, 6.45) is 11.0. The molecule has 3 amide bonds. The van der Waals surface area contributed by atoms with Gasteiger partial charge in [-0.2, -0.15) is 0 Å². The molecular weight excluding hydrogens is 460 g/mol. The molecule has 2 aliphatic carbocycles. The van der Waals surface area contributed by atoms with Crippen LogP contribution in [0.3, 0.4) is 0 Å². The third-order valence-corrected chi connectivity index (χ3v) is 9.33. The minimum Gasteiger partial charge on any atom is -0.480 e. The molecule has 0 aromatic carbocycles. The number of hydrogen-bond donors (Lipinski definition) is 4. The number of amides is 3. The van der Waals surface area contributed by atoms with Crippen molar-refractivity contribution in [2.45, 2.75) is 128 Å². The second kappa shape index (κ2) is 11.5. The second-order valence-corrected chi connectivity index (χ2v) is 11.7. The van der Waals surface area contributed by atoms with E-state index in [0.29, 0.717) is 30.7 Å². The third kappa shape index (κ3) is 5.55. The summed E-state index contributed by atoms with van der Waals surface area (Å²) in [7, 11) is 0. The maximum Gasteiger partial charge on any atom is 0.325 e. The van der Waals surface area contributed by atoms with E-state index >= 15 is 0 Å². The van der Waals surface area contributed by atoms with Crippen LogP contribution in [0.15, 0.2) is 0 Å². The highest BCUT2D eigenvalue weighted by Crippen LogP contribution is 2.42. The van der Waals surface area contributed by atoms with Gasteiger partial charge in [0.25, 0.3) is 0 Å². The zero-order valence-electron chi connectivity index (χ0n) is 22.0. The van der Waals surface area contributed by atoms with E-state index in [4.69, 9.17) is 0 Å². The van der Waals surface area contributed by atoms with Gasteiger partial charge in [0.05, 0.1) is 6.04 Å². The molecule has 0 bridgehead atoms. The predicted molar refractivity (Wildman–Crippen MR) is 135 cm³/mol. The first-order valence-electron chi connectivity index (χ1n) is 14.1. The Hall–Kier alpha value is -2.16. The Bertz CT molecular complexity index is 836. The molecule has 4 N–H and O–H groups in total. The van der Waals surface area contributed by atoms with Crippen LogP contribution in [0.5, 0.6) is 0 Å². The Morgan fingerprint density at radius 2 is 1.61 bits per heavy atom. The highest BCUT2D eigenvalue weighted by Gasteiger charge is 2.51. The SMILES string of the molecule is CC[C@H](C)[C@H](NC(=O)[C@@H]1CC2CCCCC2N1C(=O)[C@@H]1CC2CCCCC2N1)C(=O)N[C@@H](C)C(=O)O. The number of nitrogens with one attached hydrogen (secondary N) is 3. The number of hydrogen-bond acceptors (Lipinski definition) is 5. The fourth-order valence-electron chi connectivity index (χ4n) is 7.02. The van der Waals surface area contributed by atoms with Crippen LogP contribution < -0.4 is 16.0 Å². The minimum absolute atomic E-state index is 0.0444. The molecule has 4 aliphatic rings. The Morgan fingerprint density at radius 3 is 2.28 bits per heavy atom. The van der Waals surface area contributed by atoms with Crippen molar-refractivity contribution in [3.05, 3.63) is 0 Å². The van der Waals surface area contributed by atoms with Crippen molar-refractivity contribution >= 4 is 23.7 Å². The van der Waals surface area contributed by atoms with Gasteiger partial charge in [0.15, 0.2) is 0 Å². The normalized spacial score (nSPS) is 34.1. The molecule has 4 fully saturated rings. The van der Waals surface area contributed by atoms with Crippen LogP contribution in [0.25, 0.3) is 0 Å². The van der Waals surface area contributed by atoms with E-state index in [1.54, 1.807) is 0 Å². The van der Waals surface area contributed by atoms with Crippen molar-refractivity contribution in [1.82, 2.24) is 20.9 Å². The number of carboxylic acid groups (broad SMARTS) is 1. The minimum atomic E-state index is -1.13. The van der Waals surface area contributed by atoms with Crippen molar-refractivity contribution < 1.29 is 24.3 Å². The molecule has 202 valence electrons. The topological polar surface area (TPSA) is 128 Å². The number of fused-ring (bicyclic) bond motifs is 2. The molecule has 2 heterocycles. The van der Waals surface area contributed by atoms with Crippen LogP contribution in [0.1, 0.15) is 91.4 Å². The lowest BCUT2D eigenvalue weighted by Gasteiger charge is -2.36. The van der Waals surface area contributed by atoms with Crippen molar-refractivity contribution in [3.8, 4) is 0 Å². The fraction of sp³-hybridized carbons (Fsp3) is 0.852. The van der Waals surface area contributed by atoms with Gasteiger partial charge in [-0.1, -0.05) is 46.0 Å². The van der Waals surface area contributed by atoms with Crippen LogP contribution in [-0.2, 0) is 19.2 Å². The lowest BCUT2D eigenvalue weighted by atomic mass is 9.84. The summed E-state index contributed by atoms with van der Waals surface area (Å²) >= 11 is 0. The van der Waals surface area contributed by atoms with Gasteiger partial charge in [-0.15, -0.1) is 0 Å². The maximum absolute atomic E-state index is 13.9. The number of aliphatic carboxylic acids is 1. The fourth-order valence-corrected chi connectivity index (χ4v) is 7.02. The summed E-state index contributed by atoms with van der Waals surface area (Å²) in [5, 5.41) is 18.2. The summed E-state index contributed by atoms with van der Waals surface area (Å²) in [6.45, 7) is 5.21. The van der Waals surface area contributed by atoms with E-state index in [1.165, 1.54) is 19.8 Å². The average molecular weight is 505 g/mol. The maximum atomic E-state index is 13.9. The van der Waals surface area contributed by atoms with E-state index < -0.39 is 30.0 Å². The third-order valence-electron chi connectivity index (χ3n) is 9.33. The largest absolute Gasteiger partial charge is 0.480 e. The summed E-state index contributed by atoms with van der Waals surface area (Å²) < 4.78 is 0. The molecule has 0 aromatic heterocycles. The number of rotatable bonds is 8. The van der Waals surface area contributed by atoms with E-state index in [9.17, 15) is 24.3 Å². The lowest BCUT2D eigenvalue weighted by molar-refractivity contribution is -0.144. The van der Waals surface area contributed by atoms with E-state index in [0.717, 1.165) is 44.9 Å². The highest BCUT2D eigenvalue weighted by molar-refractivity contribution is 5.94. The number of carboxylic acids is 1. The van der Waals surface area contributed by atoms with Gasteiger partial charge >= 0.3 is 5.97 Å². The van der Waals surface area contributed by atoms with Gasteiger partial charge in [0, 0.05) is 12.1 Å². The summed E-state index contributed by atoms with van der Waals surface area (Å²) in [6, 6.07) is -2.25. The molecule has 9 nitrogen and oxygen atoms in total. The highest BCUT2D eigenvalue weighted by atomic mass is 16.4. The first kappa shape index (κ1) is 26.9. The quantitative estimate of drug-likeness (QED) is 0.401. The standard InChI is InChI=1S/C27H44N4O5/c1-4-15(2)23(25(33)28-16(3)27(35)36)30-24(32)22-14-18-10-6-8-12-21(18)31(22)26(34)20-13-17-9-5-7-11-19(17)29-20/h15-23,29H,4-14H2,1-3H3,(H,28,33)(H,30,32)(H,35,36)/t15-,16-,17?,18?,19?,20-,21?,22-,23-/m0/s1. The van der Waals surface area contributed by atoms with E-state index in [1.807, 2.05) is 18.7 Å². The van der Waals surface area contributed by atoms with Crippen LogP contribution in [0, 0.1) is 17.8 Å². The van der Waals surface area contributed by atoms with Crippen molar-refractivity contribution in [2.75, 3.05) is 0 Å². The van der Waals surface area contributed by atoms with Crippen LogP contribution >= 0.6 is 0 Å². The second-order valence-electron chi connectivity index (χ2n) is 11.7. The number of carbonyl (C=O) groups excluding carboxylic acids is 3. The first-order valence-corrected chi connectivity index (χ1v) is 14.1. The predicted octanol–water partition coefficient (Wildman–Crippen LogP) is 2.19. The van der Waals surface area contributed by atoms with Crippen molar-refractivity contribution in [2.24, 2.45) is 17.8 Å². The molecule has 4 unspecified atom stereocenters. The molecule has 0 spiro atoms. The Labute approximate surface area is 214 Å². The van der Waals surface area contributed by atoms with Gasteiger partial charge in [0.2, 0.25) is 17.7 Å². The molecule has 0 aromatic rings. The molecule has 36 heavy (non-hydrogen) atoms. The number of nitrogens with zero attached hydrogens (tertiary/aromatic N) is 1. The Balaban J connectivity index is 1.51. The van der Waals surface area contributed by atoms with Gasteiger partial charge in [-0.3, -0.25) is 19.2 Å².